The van der Waals surface area contributed by atoms with Crippen LogP contribution in [0, 0.1) is 0 Å². The average molecular weight is 152 g/mol. The molecule has 0 fully saturated rings. The van der Waals surface area contributed by atoms with Crippen LogP contribution in [0.25, 0.3) is 0 Å². The first kappa shape index (κ1) is 7.15. The topological polar surface area (TPSA) is 30.0 Å². The number of carbonyl (C=O) groups is 1. The third-order valence-electron chi connectivity index (χ3n) is 1.09. The highest BCUT2D eigenvalue weighted by molar-refractivity contribution is 7.80. The maximum atomic E-state index is 10.7. The Morgan fingerprint density at radius 3 is 2.80 bits per heavy atom. The molecule has 1 rings (SSSR count). The van der Waals surface area contributed by atoms with E-state index in [9.17, 15) is 4.79 Å². The predicted molar refractivity (Wildman–Crippen MR) is 40.1 cm³/mol. The fourth-order valence-corrected chi connectivity index (χ4v) is 0.776. The summed E-state index contributed by atoms with van der Waals surface area (Å²) in [7, 11) is 0. The molecule has 0 saturated heterocycles. The van der Waals surface area contributed by atoms with E-state index in [4.69, 9.17) is 12.6 Å². The van der Waals surface area contributed by atoms with Gasteiger partial charge in [-0.05, 0) is 12.1 Å². The monoisotopic (exact) mass is 152 g/mol. The average Bonchev–Trinajstić information content (AvgIpc) is 1.88. The Bertz CT molecular complexity index is 260. The van der Waals surface area contributed by atoms with E-state index in [1.165, 1.54) is 6.92 Å². The standard InChI is InChI=1S/C7H6NOS/c1-5(9)7-4-6(10)2-3-8-7/h2-4H,1H3. The van der Waals surface area contributed by atoms with Crippen molar-refractivity contribution >= 4 is 18.4 Å². The number of carbonyl (C=O) groups excluding carboxylic acids is 1. The van der Waals surface area contributed by atoms with Crippen molar-refractivity contribution in [2.75, 3.05) is 0 Å². The van der Waals surface area contributed by atoms with E-state index >= 15 is 0 Å². The Morgan fingerprint density at radius 2 is 2.40 bits per heavy atom. The van der Waals surface area contributed by atoms with Gasteiger partial charge >= 0.3 is 0 Å². The molecule has 0 aliphatic heterocycles. The van der Waals surface area contributed by atoms with E-state index in [1.807, 2.05) is 0 Å². The predicted octanol–water partition coefficient (Wildman–Crippen LogP) is 1.84. The minimum atomic E-state index is -0.0494. The van der Waals surface area contributed by atoms with Crippen molar-refractivity contribution in [2.45, 2.75) is 11.8 Å². The molecule has 0 saturated carbocycles. The van der Waals surface area contributed by atoms with Gasteiger partial charge < -0.3 is 0 Å². The van der Waals surface area contributed by atoms with Crippen LogP contribution < -0.4 is 0 Å². The zero-order valence-corrected chi connectivity index (χ0v) is 6.31. The largest absolute Gasteiger partial charge is 0.293 e. The fourth-order valence-electron chi connectivity index (χ4n) is 0.604. The second kappa shape index (κ2) is 2.75. The second-order valence-corrected chi connectivity index (χ2v) is 2.40. The summed E-state index contributed by atoms with van der Waals surface area (Å²) in [6.45, 7) is 1.47. The third-order valence-corrected chi connectivity index (χ3v) is 1.35. The smallest absolute Gasteiger partial charge is 0.178 e. The summed E-state index contributed by atoms with van der Waals surface area (Å²) in [5.41, 5.74) is 0.438. The number of rotatable bonds is 1. The summed E-state index contributed by atoms with van der Waals surface area (Å²) in [5, 5.41) is 0. The van der Waals surface area contributed by atoms with E-state index in [-0.39, 0.29) is 5.78 Å². The summed E-state index contributed by atoms with van der Waals surface area (Å²) in [6.07, 6.45) is 1.54. The molecule has 1 aromatic rings. The minimum Gasteiger partial charge on any atom is -0.293 e. The third kappa shape index (κ3) is 1.51. The van der Waals surface area contributed by atoms with Crippen LogP contribution in [0.3, 0.4) is 0 Å². The molecule has 0 amide bonds. The number of pyridine rings is 1. The zero-order chi connectivity index (χ0) is 7.56. The molecule has 0 aromatic carbocycles. The van der Waals surface area contributed by atoms with E-state index in [0.29, 0.717) is 10.6 Å². The fraction of sp³-hybridized carbons (Fsp3) is 0.143. The van der Waals surface area contributed by atoms with Gasteiger partial charge in [0.1, 0.15) is 5.69 Å². The van der Waals surface area contributed by atoms with Crippen LogP contribution in [0.5, 0.6) is 0 Å². The lowest BCUT2D eigenvalue weighted by atomic mass is 10.3. The van der Waals surface area contributed by atoms with Crippen LogP contribution in [0.15, 0.2) is 23.2 Å². The van der Waals surface area contributed by atoms with Crippen LogP contribution in [0.2, 0.25) is 0 Å². The number of hydrogen-bond donors (Lipinski definition) is 0. The minimum absolute atomic E-state index is 0.0494. The lowest BCUT2D eigenvalue weighted by molar-refractivity contribution is 0.101. The molecular formula is C7H6NOS. The highest BCUT2D eigenvalue weighted by Crippen LogP contribution is 2.05. The van der Waals surface area contributed by atoms with E-state index < -0.39 is 0 Å². The molecule has 3 heteroatoms. The van der Waals surface area contributed by atoms with Gasteiger partial charge in [0.05, 0.1) is 0 Å². The van der Waals surface area contributed by atoms with Crippen molar-refractivity contribution in [1.82, 2.24) is 4.98 Å². The van der Waals surface area contributed by atoms with Gasteiger partial charge in [-0.25, -0.2) is 0 Å². The number of aromatic nitrogens is 1. The first-order valence-electron chi connectivity index (χ1n) is 2.84. The molecule has 0 aliphatic rings. The molecule has 1 aromatic heterocycles. The van der Waals surface area contributed by atoms with Crippen molar-refractivity contribution < 1.29 is 4.79 Å². The Morgan fingerprint density at radius 1 is 1.70 bits per heavy atom. The molecule has 10 heavy (non-hydrogen) atoms. The van der Waals surface area contributed by atoms with E-state index in [1.54, 1.807) is 18.3 Å². The Balaban J connectivity index is 3.07. The van der Waals surface area contributed by atoms with Crippen LogP contribution in [0.4, 0.5) is 0 Å². The van der Waals surface area contributed by atoms with Gasteiger partial charge in [0.15, 0.2) is 5.78 Å². The molecule has 0 bridgehead atoms. The first-order chi connectivity index (χ1) is 4.70. The molecule has 0 aliphatic carbocycles. The molecule has 2 nitrogen and oxygen atoms in total. The maximum absolute atomic E-state index is 10.7. The molecule has 0 spiro atoms. The first-order valence-corrected chi connectivity index (χ1v) is 3.25. The van der Waals surface area contributed by atoms with Gasteiger partial charge in [0.25, 0.3) is 0 Å². The summed E-state index contributed by atoms with van der Waals surface area (Å²) in [4.78, 5) is 15.2. The van der Waals surface area contributed by atoms with Crippen molar-refractivity contribution in [3.8, 4) is 0 Å². The van der Waals surface area contributed by atoms with Crippen LogP contribution in [-0.4, -0.2) is 10.8 Å². The van der Waals surface area contributed by atoms with Gasteiger partial charge in [-0.2, -0.15) is 0 Å². The molecular weight excluding hydrogens is 146 g/mol. The molecule has 0 N–H and O–H groups in total. The quantitative estimate of drug-likeness (QED) is 0.575. The Hall–Kier alpha value is -0.960. The summed E-state index contributed by atoms with van der Waals surface area (Å²) < 4.78 is 0. The van der Waals surface area contributed by atoms with E-state index in [0.717, 1.165) is 0 Å². The van der Waals surface area contributed by atoms with Crippen LogP contribution >= 0.6 is 12.6 Å². The molecule has 1 heterocycles. The van der Waals surface area contributed by atoms with Gasteiger partial charge in [-0.15, -0.1) is 0 Å². The van der Waals surface area contributed by atoms with Crippen molar-refractivity contribution in [3.05, 3.63) is 24.0 Å². The summed E-state index contributed by atoms with van der Waals surface area (Å²) in [5.74, 6) is -0.0494. The highest BCUT2D eigenvalue weighted by Gasteiger charge is 1.98. The van der Waals surface area contributed by atoms with Gasteiger partial charge in [0.2, 0.25) is 0 Å². The summed E-state index contributed by atoms with van der Waals surface area (Å²) in [6, 6.07) is 3.28. The van der Waals surface area contributed by atoms with Gasteiger partial charge in [-0.1, -0.05) is 12.6 Å². The van der Waals surface area contributed by atoms with E-state index in [2.05, 4.69) is 4.98 Å². The SMILES string of the molecule is CC(=O)c1cc([S])ccn1. The van der Waals surface area contributed by atoms with Crippen LogP contribution in [-0.2, 0) is 0 Å². The Kier molecular flexibility index (Phi) is 1.97. The lowest BCUT2D eigenvalue weighted by Gasteiger charge is -1.92. The zero-order valence-electron chi connectivity index (χ0n) is 5.50. The van der Waals surface area contributed by atoms with Crippen LogP contribution in [0.1, 0.15) is 17.4 Å². The van der Waals surface area contributed by atoms with Crippen molar-refractivity contribution in [3.63, 3.8) is 0 Å². The lowest BCUT2D eigenvalue weighted by Crippen LogP contribution is -1.94. The molecule has 0 atom stereocenters. The van der Waals surface area contributed by atoms with Crippen molar-refractivity contribution in [1.29, 1.82) is 0 Å². The summed E-state index contributed by atoms with van der Waals surface area (Å²) >= 11 is 4.83. The number of hydrogen-bond acceptors (Lipinski definition) is 2. The molecule has 1 radical (unpaired) electrons. The number of Topliss-reactive ketones (excluding diaryl/α,β-unsaturated/α-hetero) is 1. The normalized spacial score (nSPS) is 9.30. The number of ketones is 1. The van der Waals surface area contributed by atoms with Gasteiger partial charge in [0, 0.05) is 18.0 Å². The highest BCUT2D eigenvalue weighted by atomic mass is 32.1. The molecule has 0 unspecified atom stereocenters. The maximum Gasteiger partial charge on any atom is 0.178 e. The Labute approximate surface area is 64.7 Å². The van der Waals surface area contributed by atoms with Crippen molar-refractivity contribution in [2.24, 2.45) is 0 Å². The molecule has 51 valence electrons. The van der Waals surface area contributed by atoms with Gasteiger partial charge in [-0.3, -0.25) is 9.78 Å². The second-order valence-electron chi connectivity index (χ2n) is 1.93. The number of nitrogens with zero attached hydrogens (tertiary/aromatic N) is 1.